The van der Waals surface area contributed by atoms with Crippen LogP contribution in [0, 0.1) is 24.6 Å². The molecular formula is C30H30FN3O5. The zero-order chi connectivity index (χ0) is 27.4. The summed E-state index contributed by atoms with van der Waals surface area (Å²) >= 11 is 0. The molecule has 7 rings (SSSR count). The highest BCUT2D eigenvalue weighted by molar-refractivity contribution is 5.94. The number of esters is 1. The first-order chi connectivity index (χ1) is 18.6. The van der Waals surface area contributed by atoms with E-state index in [4.69, 9.17) is 9.72 Å². The number of nitrogens with zero attached hydrogens (tertiary/aromatic N) is 2. The number of cyclic esters (lactones) is 1. The lowest BCUT2D eigenvalue weighted by atomic mass is 9.81. The maximum Gasteiger partial charge on any atom is 0.343 e. The van der Waals surface area contributed by atoms with Crippen molar-refractivity contribution < 1.29 is 23.8 Å². The van der Waals surface area contributed by atoms with E-state index in [9.17, 15) is 19.5 Å². The fourth-order valence-electron chi connectivity index (χ4n) is 6.81. The van der Waals surface area contributed by atoms with Crippen LogP contribution in [-0.4, -0.2) is 26.5 Å². The predicted octanol–water partition coefficient (Wildman–Crippen LogP) is 3.68. The third-order valence-electron chi connectivity index (χ3n) is 9.44. The summed E-state index contributed by atoms with van der Waals surface area (Å²) in [5.74, 6) is -0.782. The number of pyridine rings is 2. The van der Waals surface area contributed by atoms with Crippen LogP contribution in [0.4, 0.5) is 4.39 Å². The molecule has 1 fully saturated rings. The summed E-state index contributed by atoms with van der Waals surface area (Å²) in [5, 5.41) is 15.3. The number of amides is 1. The Morgan fingerprint density at radius 2 is 2.03 bits per heavy atom. The monoisotopic (exact) mass is 531 g/mol. The zero-order valence-electron chi connectivity index (χ0n) is 22.2. The number of nitrogens with one attached hydrogen (secondary N) is 1. The van der Waals surface area contributed by atoms with Crippen molar-refractivity contribution in [3.63, 3.8) is 0 Å². The molecule has 0 spiro atoms. The summed E-state index contributed by atoms with van der Waals surface area (Å²) in [7, 11) is 0. The standard InChI is InChI=1S/C30H30FN3O5/c1-4-30(38)19-9-23-26-17(11-34(23)28(36)18(19)12-39-29(30)37)25-21(33-27(35)13(2)15-5-6-15)8-7-16-14(3)20(31)10-22(32-26)24(16)25/h9-10,13,15,21,38H,4-8,11-12H2,1-3H3,(H,33,35)/t13-,21-,30-/m0/s1. The predicted molar refractivity (Wildman–Crippen MR) is 140 cm³/mol. The zero-order valence-corrected chi connectivity index (χ0v) is 22.2. The van der Waals surface area contributed by atoms with Crippen LogP contribution in [0.5, 0.6) is 0 Å². The van der Waals surface area contributed by atoms with Gasteiger partial charge in [0.15, 0.2) is 5.60 Å². The van der Waals surface area contributed by atoms with E-state index < -0.39 is 11.6 Å². The topological polar surface area (TPSA) is 111 Å². The van der Waals surface area contributed by atoms with E-state index in [1.54, 1.807) is 24.5 Å². The SMILES string of the molecule is CC[C@@]1(O)C(=O)OCc2c1cc1n(c2=O)Cc2c-1nc1cc(F)c(C)c3c1c2[C@@H](NC(=O)[C@@H](C)C1CC1)CC3. The normalized spacial score (nSPS) is 23.6. The Morgan fingerprint density at radius 3 is 2.74 bits per heavy atom. The Labute approximate surface area is 224 Å². The van der Waals surface area contributed by atoms with Gasteiger partial charge >= 0.3 is 5.97 Å². The van der Waals surface area contributed by atoms with E-state index in [-0.39, 0.29) is 59.9 Å². The molecule has 1 saturated carbocycles. The number of aromatic nitrogens is 2. The number of aryl methyl sites for hydroxylation is 1. The molecule has 1 amide bonds. The van der Waals surface area contributed by atoms with Crippen molar-refractivity contribution >= 4 is 22.8 Å². The average Bonchev–Trinajstić information content (AvgIpc) is 3.71. The van der Waals surface area contributed by atoms with E-state index in [1.165, 1.54) is 6.07 Å². The summed E-state index contributed by atoms with van der Waals surface area (Å²) in [6.45, 7) is 5.42. The van der Waals surface area contributed by atoms with Crippen molar-refractivity contribution in [2.75, 3.05) is 0 Å². The molecule has 2 aromatic heterocycles. The van der Waals surface area contributed by atoms with Gasteiger partial charge in [-0.05, 0) is 67.7 Å². The van der Waals surface area contributed by atoms with Crippen LogP contribution in [0.25, 0.3) is 22.3 Å². The molecule has 0 bridgehead atoms. The van der Waals surface area contributed by atoms with E-state index in [0.29, 0.717) is 41.2 Å². The van der Waals surface area contributed by atoms with Crippen LogP contribution < -0.4 is 10.9 Å². The first kappa shape index (κ1) is 24.5. The minimum absolute atomic E-state index is 0.00955. The first-order valence-corrected chi connectivity index (χ1v) is 13.8. The molecule has 2 aliphatic carbocycles. The summed E-state index contributed by atoms with van der Waals surface area (Å²) < 4.78 is 21.8. The summed E-state index contributed by atoms with van der Waals surface area (Å²) in [5.41, 5.74) is 2.82. The smallest absolute Gasteiger partial charge is 0.343 e. The van der Waals surface area contributed by atoms with E-state index >= 15 is 4.39 Å². The number of hydrogen-bond acceptors (Lipinski definition) is 6. The molecule has 0 unspecified atom stereocenters. The van der Waals surface area contributed by atoms with Crippen LogP contribution in [0.2, 0.25) is 0 Å². The van der Waals surface area contributed by atoms with Crippen LogP contribution in [0.15, 0.2) is 16.9 Å². The lowest BCUT2D eigenvalue weighted by molar-refractivity contribution is -0.172. The van der Waals surface area contributed by atoms with Crippen molar-refractivity contribution in [1.82, 2.24) is 14.9 Å². The number of hydrogen-bond donors (Lipinski definition) is 2. The molecule has 0 saturated heterocycles. The van der Waals surface area contributed by atoms with Crippen molar-refractivity contribution in [1.29, 1.82) is 0 Å². The second-order valence-corrected chi connectivity index (χ2v) is 11.5. The molecule has 9 heteroatoms. The largest absolute Gasteiger partial charge is 0.458 e. The minimum Gasteiger partial charge on any atom is -0.458 e. The van der Waals surface area contributed by atoms with Gasteiger partial charge in [0.05, 0.1) is 35.1 Å². The Bertz CT molecular complexity index is 1690. The maximum atomic E-state index is 15.0. The van der Waals surface area contributed by atoms with Gasteiger partial charge in [0.2, 0.25) is 5.91 Å². The van der Waals surface area contributed by atoms with Gasteiger partial charge < -0.3 is 19.7 Å². The molecular weight excluding hydrogens is 501 g/mol. The Kier molecular flexibility index (Phi) is 5.15. The van der Waals surface area contributed by atoms with E-state index in [1.807, 2.05) is 6.92 Å². The molecule has 8 nitrogen and oxygen atoms in total. The highest BCUT2D eigenvalue weighted by Crippen LogP contribution is 2.46. The van der Waals surface area contributed by atoms with Crippen molar-refractivity contribution in [2.24, 2.45) is 11.8 Å². The number of benzene rings is 1. The summed E-state index contributed by atoms with van der Waals surface area (Å²) in [6, 6.07) is 2.79. The number of fused-ring (bicyclic) bond motifs is 5. The van der Waals surface area contributed by atoms with Gasteiger partial charge in [0.25, 0.3) is 5.56 Å². The molecule has 2 N–H and O–H groups in total. The Balaban J connectivity index is 1.46. The third kappa shape index (κ3) is 3.32. The molecule has 4 aliphatic rings. The number of carbonyl (C=O) groups is 2. The number of aliphatic hydroxyl groups is 1. The summed E-state index contributed by atoms with van der Waals surface area (Å²) in [6.07, 6.45) is 3.40. The lowest BCUT2D eigenvalue weighted by Crippen LogP contribution is -2.44. The van der Waals surface area contributed by atoms with Gasteiger partial charge in [0.1, 0.15) is 12.4 Å². The van der Waals surface area contributed by atoms with E-state index in [0.717, 1.165) is 34.9 Å². The fourth-order valence-corrected chi connectivity index (χ4v) is 6.81. The molecule has 3 atom stereocenters. The van der Waals surface area contributed by atoms with Gasteiger partial charge in [-0.15, -0.1) is 0 Å². The fraction of sp³-hybridized carbons (Fsp3) is 0.467. The molecule has 4 heterocycles. The molecule has 202 valence electrons. The number of halogens is 1. The molecule has 2 aliphatic heterocycles. The highest BCUT2D eigenvalue weighted by Gasteiger charge is 2.46. The third-order valence-corrected chi connectivity index (χ3v) is 9.44. The lowest BCUT2D eigenvalue weighted by Gasteiger charge is -2.31. The highest BCUT2D eigenvalue weighted by atomic mass is 19.1. The van der Waals surface area contributed by atoms with Gasteiger partial charge in [-0.3, -0.25) is 9.59 Å². The number of carbonyl (C=O) groups excluding carboxylic acids is 2. The van der Waals surface area contributed by atoms with Crippen LogP contribution in [0.1, 0.15) is 79.0 Å². The average molecular weight is 532 g/mol. The van der Waals surface area contributed by atoms with Crippen LogP contribution >= 0.6 is 0 Å². The molecule has 1 aromatic carbocycles. The Hall–Kier alpha value is -3.59. The number of ether oxygens (including phenoxy) is 1. The van der Waals surface area contributed by atoms with Crippen molar-refractivity contribution in [2.45, 2.75) is 77.7 Å². The molecule has 0 radical (unpaired) electrons. The van der Waals surface area contributed by atoms with Crippen molar-refractivity contribution in [3.05, 3.63) is 61.7 Å². The van der Waals surface area contributed by atoms with Crippen LogP contribution in [-0.2, 0) is 39.5 Å². The maximum absolute atomic E-state index is 15.0. The Morgan fingerprint density at radius 1 is 1.26 bits per heavy atom. The van der Waals surface area contributed by atoms with Gasteiger partial charge in [-0.1, -0.05) is 13.8 Å². The van der Waals surface area contributed by atoms with Gasteiger partial charge in [0, 0.05) is 28.5 Å². The minimum atomic E-state index is -1.93. The summed E-state index contributed by atoms with van der Waals surface area (Å²) in [4.78, 5) is 44.3. The molecule has 3 aromatic rings. The van der Waals surface area contributed by atoms with E-state index in [2.05, 4.69) is 5.32 Å². The molecule has 39 heavy (non-hydrogen) atoms. The second kappa shape index (κ2) is 8.21. The number of rotatable bonds is 4. The first-order valence-electron chi connectivity index (χ1n) is 13.8. The second-order valence-electron chi connectivity index (χ2n) is 11.5. The van der Waals surface area contributed by atoms with Crippen LogP contribution in [0.3, 0.4) is 0 Å². The van der Waals surface area contributed by atoms with Gasteiger partial charge in [-0.2, -0.15) is 0 Å². The quantitative estimate of drug-likeness (QED) is 0.389. The van der Waals surface area contributed by atoms with Crippen molar-refractivity contribution in [3.8, 4) is 11.4 Å². The van der Waals surface area contributed by atoms with Gasteiger partial charge in [-0.25, -0.2) is 14.2 Å².